The zero-order chi connectivity index (χ0) is 17.4. The number of phenolic OH excluding ortho intramolecular Hbond substituents is 1. The van der Waals surface area contributed by atoms with E-state index < -0.39 is 11.6 Å². The number of pyridine rings is 1. The number of aromatic nitrogens is 1. The number of halogens is 2. The molecule has 3 aromatic carbocycles. The fraction of sp³-hybridized carbons (Fsp3) is 0. The van der Waals surface area contributed by atoms with E-state index in [4.69, 9.17) is 0 Å². The van der Waals surface area contributed by atoms with Gasteiger partial charge in [0.25, 0.3) is 0 Å². The van der Waals surface area contributed by atoms with Crippen LogP contribution >= 0.6 is 0 Å². The van der Waals surface area contributed by atoms with E-state index in [0.29, 0.717) is 22.0 Å². The molecular formula is C21H13F2NO. The number of phenols is 1. The van der Waals surface area contributed by atoms with Crippen molar-refractivity contribution < 1.29 is 13.9 Å². The van der Waals surface area contributed by atoms with Crippen LogP contribution in [-0.2, 0) is 0 Å². The van der Waals surface area contributed by atoms with E-state index in [1.807, 2.05) is 0 Å². The lowest BCUT2D eigenvalue weighted by molar-refractivity contribution is 0.481. The highest BCUT2D eigenvalue weighted by molar-refractivity contribution is 6.02. The summed E-state index contributed by atoms with van der Waals surface area (Å²) in [7, 11) is 0. The molecule has 4 rings (SSSR count). The largest absolute Gasteiger partial charge is 0.505 e. The van der Waals surface area contributed by atoms with Gasteiger partial charge in [-0.1, -0.05) is 42.5 Å². The average molecular weight is 333 g/mol. The van der Waals surface area contributed by atoms with Crippen LogP contribution in [0.2, 0.25) is 0 Å². The van der Waals surface area contributed by atoms with Crippen LogP contribution < -0.4 is 0 Å². The molecule has 1 heterocycles. The van der Waals surface area contributed by atoms with Crippen LogP contribution in [0.4, 0.5) is 8.78 Å². The number of hydrogen-bond acceptors (Lipinski definition) is 2. The van der Waals surface area contributed by atoms with E-state index in [0.717, 1.165) is 0 Å². The number of aromatic hydroxyl groups is 1. The number of nitrogens with zero attached hydrogens (tertiary/aromatic N) is 1. The molecule has 0 fully saturated rings. The van der Waals surface area contributed by atoms with Gasteiger partial charge in [0.15, 0.2) is 0 Å². The molecule has 0 atom stereocenters. The summed E-state index contributed by atoms with van der Waals surface area (Å²) < 4.78 is 28.6. The first kappa shape index (κ1) is 15.3. The van der Waals surface area contributed by atoms with Crippen LogP contribution in [-0.4, -0.2) is 10.1 Å². The summed E-state index contributed by atoms with van der Waals surface area (Å²) in [6.45, 7) is 0. The smallest absolute Gasteiger partial charge is 0.149 e. The zero-order valence-electron chi connectivity index (χ0n) is 13.1. The van der Waals surface area contributed by atoms with E-state index >= 15 is 0 Å². The van der Waals surface area contributed by atoms with Gasteiger partial charge in [-0.05, 0) is 29.8 Å². The summed E-state index contributed by atoms with van der Waals surface area (Å²) in [5.41, 5.74) is 1.75. The van der Waals surface area contributed by atoms with Gasteiger partial charge in [0.05, 0.1) is 0 Å². The van der Waals surface area contributed by atoms with Crippen LogP contribution in [0.1, 0.15) is 0 Å². The molecule has 0 saturated carbocycles. The molecule has 1 aromatic heterocycles. The van der Waals surface area contributed by atoms with E-state index in [9.17, 15) is 13.9 Å². The second-order valence-electron chi connectivity index (χ2n) is 5.68. The van der Waals surface area contributed by atoms with E-state index in [1.165, 1.54) is 18.3 Å². The van der Waals surface area contributed by atoms with Crippen molar-refractivity contribution in [1.29, 1.82) is 0 Å². The molecule has 25 heavy (non-hydrogen) atoms. The van der Waals surface area contributed by atoms with Gasteiger partial charge in [-0.15, -0.1) is 0 Å². The number of benzene rings is 3. The number of rotatable bonds is 2. The van der Waals surface area contributed by atoms with Crippen molar-refractivity contribution in [3.05, 3.63) is 84.6 Å². The molecule has 0 aliphatic carbocycles. The summed E-state index contributed by atoms with van der Waals surface area (Å²) in [5, 5.41) is 11.2. The van der Waals surface area contributed by atoms with E-state index in [2.05, 4.69) is 4.98 Å². The molecular weight excluding hydrogens is 320 g/mol. The highest BCUT2D eigenvalue weighted by atomic mass is 19.1. The molecule has 4 heteroatoms. The van der Waals surface area contributed by atoms with Gasteiger partial charge in [-0.3, -0.25) is 4.98 Å². The van der Waals surface area contributed by atoms with Crippen LogP contribution in [0.15, 0.2) is 72.9 Å². The lowest BCUT2D eigenvalue weighted by Gasteiger charge is -2.14. The highest BCUT2D eigenvalue weighted by Gasteiger charge is 2.18. The van der Waals surface area contributed by atoms with Gasteiger partial charge in [-0.25, -0.2) is 8.78 Å². The maximum atomic E-state index is 14.4. The Hall–Kier alpha value is -3.27. The third kappa shape index (κ3) is 2.52. The highest BCUT2D eigenvalue weighted by Crippen LogP contribution is 2.41. The van der Waals surface area contributed by atoms with Gasteiger partial charge in [0.2, 0.25) is 0 Å². The number of hydrogen-bond donors (Lipinski definition) is 1. The van der Waals surface area contributed by atoms with Gasteiger partial charge in [0, 0.05) is 28.3 Å². The van der Waals surface area contributed by atoms with Gasteiger partial charge in [0.1, 0.15) is 22.9 Å². The minimum atomic E-state index is -0.465. The van der Waals surface area contributed by atoms with Crippen molar-refractivity contribution in [2.45, 2.75) is 0 Å². The Balaban J connectivity index is 2.12. The fourth-order valence-electron chi connectivity index (χ4n) is 3.02. The third-order valence-corrected chi connectivity index (χ3v) is 4.19. The quantitative estimate of drug-likeness (QED) is 0.521. The first-order chi connectivity index (χ1) is 12.2. The lowest BCUT2D eigenvalue weighted by Crippen LogP contribution is -1.92. The van der Waals surface area contributed by atoms with Crippen LogP contribution in [0, 0.1) is 11.6 Å². The van der Waals surface area contributed by atoms with E-state index in [-0.39, 0.29) is 16.9 Å². The Morgan fingerprint density at radius 1 is 0.680 bits per heavy atom. The molecule has 4 aromatic rings. The van der Waals surface area contributed by atoms with Crippen molar-refractivity contribution in [3.63, 3.8) is 0 Å². The summed E-state index contributed by atoms with van der Waals surface area (Å²) in [6, 6.07) is 17.6. The van der Waals surface area contributed by atoms with Crippen molar-refractivity contribution in [2.24, 2.45) is 0 Å². The Bertz CT molecular complexity index is 1090. The van der Waals surface area contributed by atoms with Crippen LogP contribution in [0.5, 0.6) is 5.75 Å². The first-order valence-corrected chi connectivity index (χ1v) is 7.77. The summed E-state index contributed by atoms with van der Waals surface area (Å²) in [6.07, 6.45) is 1.54. The zero-order valence-corrected chi connectivity index (χ0v) is 13.1. The van der Waals surface area contributed by atoms with Crippen LogP contribution in [0.3, 0.4) is 0 Å². The molecule has 0 aliphatic heterocycles. The predicted molar refractivity (Wildman–Crippen MR) is 94.2 cm³/mol. The minimum absolute atomic E-state index is 0.124. The predicted octanol–water partition coefficient (Wildman–Crippen LogP) is 5.55. The molecule has 0 radical (unpaired) electrons. The first-order valence-electron chi connectivity index (χ1n) is 7.77. The van der Waals surface area contributed by atoms with Crippen molar-refractivity contribution in [1.82, 2.24) is 4.98 Å². The Morgan fingerprint density at radius 2 is 1.28 bits per heavy atom. The second kappa shape index (κ2) is 5.98. The summed E-state index contributed by atoms with van der Waals surface area (Å²) >= 11 is 0. The SMILES string of the molecule is Oc1c(-c2ccccc2F)cc(-c2ccccc2F)c2cccnc12. The average Bonchev–Trinajstić information content (AvgIpc) is 2.64. The molecule has 122 valence electrons. The Kier molecular flexibility index (Phi) is 3.65. The maximum absolute atomic E-state index is 14.4. The Morgan fingerprint density at radius 3 is 1.92 bits per heavy atom. The molecule has 0 saturated heterocycles. The lowest BCUT2D eigenvalue weighted by atomic mass is 9.93. The molecule has 1 N–H and O–H groups in total. The minimum Gasteiger partial charge on any atom is -0.505 e. The van der Waals surface area contributed by atoms with Crippen LogP contribution in [0.25, 0.3) is 33.2 Å². The van der Waals surface area contributed by atoms with Crippen molar-refractivity contribution in [2.75, 3.05) is 0 Å². The van der Waals surface area contributed by atoms with E-state index in [1.54, 1.807) is 54.6 Å². The molecule has 0 unspecified atom stereocenters. The molecule has 0 aliphatic rings. The Labute approximate surface area is 143 Å². The number of fused-ring (bicyclic) bond motifs is 1. The molecule has 0 spiro atoms. The fourth-order valence-corrected chi connectivity index (χ4v) is 3.02. The monoisotopic (exact) mass is 333 g/mol. The third-order valence-electron chi connectivity index (χ3n) is 4.19. The summed E-state index contributed by atoms with van der Waals surface area (Å²) in [4.78, 5) is 4.22. The van der Waals surface area contributed by atoms with Crippen molar-refractivity contribution in [3.8, 4) is 28.0 Å². The normalized spacial score (nSPS) is 11.0. The molecule has 0 bridgehead atoms. The van der Waals surface area contributed by atoms with Gasteiger partial charge >= 0.3 is 0 Å². The molecule has 0 amide bonds. The maximum Gasteiger partial charge on any atom is 0.149 e. The summed E-state index contributed by atoms with van der Waals surface area (Å²) in [5.74, 6) is -0.980. The standard InChI is InChI=1S/C21H13F2NO/c22-18-9-3-1-6-13(18)16-12-17(14-7-2-4-10-19(14)23)21(25)20-15(16)8-5-11-24-20/h1-12,25H. The van der Waals surface area contributed by atoms with Gasteiger partial charge < -0.3 is 5.11 Å². The second-order valence-corrected chi connectivity index (χ2v) is 5.68. The molecule has 2 nitrogen and oxygen atoms in total. The van der Waals surface area contributed by atoms with Crippen molar-refractivity contribution >= 4 is 10.9 Å². The van der Waals surface area contributed by atoms with Gasteiger partial charge in [-0.2, -0.15) is 0 Å². The topological polar surface area (TPSA) is 33.1 Å².